The lowest BCUT2D eigenvalue weighted by atomic mass is 9.84. The van der Waals surface area contributed by atoms with Gasteiger partial charge >= 0.3 is 0 Å². The van der Waals surface area contributed by atoms with Crippen molar-refractivity contribution in [1.29, 1.82) is 0 Å². The van der Waals surface area contributed by atoms with E-state index in [1.54, 1.807) is 11.6 Å². The van der Waals surface area contributed by atoms with E-state index in [9.17, 15) is 13.9 Å². The van der Waals surface area contributed by atoms with Gasteiger partial charge in [-0.25, -0.2) is 18.3 Å². The number of aliphatic hydroxyl groups is 1. The Kier molecular flexibility index (Phi) is 5.40. The second-order valence-electron chi connectivity index (χ2n) is 8.87. The standard InChI is InChI=1S/C23H26F2N6O2/c1-23(32)8-5-15(6-9-23)27-22-28-21(33-2)20-16(7-10-31(20)29-22)14-3-4-17-18(11-14)30(13-26-17)12-19(24)25/h3-4,7,10-11,13,15,19,32H,5-6,8-9,12H2,1-2H3,(H,27,29). The molecule has 1 fully saturated rings. The number of anilines is 1. The van der Waals surface area contributed by atoms with Gasteiger partial charge in [0, 0.05) is 17.8 Å². The number of hydrogen-bond donors (Lipinski definition) is 2. The average molecular weight is 456 g/mol. The number of nitrogens with zero attached hydrogens (tertiary/aromatic N) is 5. The van der Waals surface area contributed by atoms with Gasteiger partial charge in [-0.05, 0) is 56.4 Å². The summed E-state index contributed by atoms with van der Waals surface area (Å²) in [6.07, 6.45) is 3.91. The Morgan fingerprint density at radius 3 is 2.79 bits per heavy atom. The fourth-order valence-corrected chi connectivity index (χ4v) is 4.51. The minimum absolute atomic E-state index is 0.181. The van der Waals surface area contributed by atoms with Crippen LogP contribution < -0.4 is 10.1 Å². The molecule has 10 heteroatoms. The van der Waals surface area contributed by atoms with Crippen LogP contribution in [0.4, 0.5) is 14.7 Å². The van der Waals surface area contributed by atoms with Crippen LogP contribution in [0.3, 0.4) is 0 Å². The third-order valence-electron chi connectivity index (χ3n) is 6.34. The summed E-state index contributed by atoms with van der Waals surface area (Å²) < 4.78 is 34.7. The summed E-state index contributed by atoms with van der Waals surface area (Å²) >= 11 is 0. The summed E-state index contributed by atoms with van der Waals surface area (Å²) in [6.45, 7) is 1.46. The number of fused-ring (bicyclic) bond motifs is 2. The van der Waals surface area contributed by atoms with Crippen molar-refractivity contribution in [2.45, 2.75) is 57.2 Å². The number of halogens is 2. The maximum Gasteiger partial charge on any atom is 0.256 e. The van der Waals surface area contributed by atoms with Crippen molar-refractivity contribution >= 4 is 22.5 Å². The third kappa shape index (κ3) is 4.22. The highest BCUT2D eigenvalue weighted by molar-refractivity contribution is 5.89. The van der Waals surface area contributed by atoms with Gasteiger partial charge in [0.1, 0.15) is 5.52 Å². The number of hydrogen-bond acceptors (Lipinski definition) is 6. The van der Waals surface area contributed by atoms with E-state index in [2.05, 4.69) is 20.4 Å². The zero-order chi connectivity index (χ0) is 23.2. The predicted molar refractivity (Wildman–Crippen MR) is 121 cm³/mol. The van der Waals surface area contributed by atoms with Crippen LogP contribution in [0.5, 0.6) is 5.88 Å². The first-order valence-corrected chi connectivity index (χ1v) is 11.0. The van der Waals surface area contributed by atoms with E-state index in [1.165, 1.54) is 10.9 Å². The van der Waals surface area contributed by atoms with Crippen LogP contribution in [0.15, 0.2) is 36.8 Å². The summed E-state index contributed by atoms with van der Waals surface area (Å²) in [7, 11) is 1.56. The molecule has 0 spiro atoms. The minimum atomic E-state index is -2.46. The Morgan fingerprint density at radius 2 is 2.06 bits per heavy atom. The molecule has 3 heterocycles. The van der Waals surface area contributed by atoms with Crippen LogP contribution in [0.1, 0.15) is 32.6 Å². The van der Waals surface area contributed by atoms with Crippen molar-refractivity contribution in [3.8, 4) is 17.0 Å². The van der Waals surface area contributed by atoms with Crippen molar-refractivity contribution in [1.82, 2.24) is 24.1 Å². The molecule has 0 atom stereocenters. The molecule has 33 heavy (non-hydrogen) atoms. The van der Waals surface area contributed by atoms with Gasteiger partial charge in [0.2, 0.25) is 11.8 Å². The fraction of sp³-hybridized carbons (Fsp3) is 0.435. The Hall–Kier alpha value is -3.27. The normalized spacial score (nSPS) is 21.2. The van der Waals surface area contributed by atoms with Crippen LogP contribution in [0.25, 0.3) is 27.7 Å². The number of alkyl halides is 2. The van der Waals surface area contributed by atoms with E-state index < -0.39 is 18.6 Å². The molecule has 5 rings (SSSR count). The predicted octanol–water partition coefficient (Wildman–Crippen LogP) is 4.13. The monoisotopic (exact) mass is 456 g/mol. The van der Waals surface area contributed by atoms with Crippen molar-refractivity contribution < 1.29 is 18.6 Å². The highest BCUT2D eigenvalue weighted by Gasteiger charge is 2.29. The maximum atomic E-state index is 12.9. The second-order valence-corrected chi connectivity index (χ2v) is 8.87. The molecule has 3 aromatic heterocycles. The van der Waals surface area contributed by atoms with Crippen LogP contribution >= 0.6 is 0 Å². The molecule has 0 radical (unpaired) electrons. The maximum absolute atomic E-state index is 12.9. The summed E-state index contributed by atoms with van der Waals surface area (Å²) in [6, 6.07) is 7.65. The molecule has 1 aliphatic rings. The Morgan fingerprint density at radius 1 is 1.27 bits per heavy atom. The van der Waals surface area contributed by atoms with E-state index >= 15 is 0 Å². The molecule has 8 nitrogen and oxygen atoms in total. The van der Waals surface area contributed by atoms with Gasteiger partial charge in [0.15, 0.2) is 0 Å². The summed E-state index contributed by atoms with van der Waals surface area (Å²) in [5, 5.41) is 18.1. The van der Waals surface area contributed by atoms with Gasteiger partial charge in [0.05, 0.1) is 36.6 Å². The van der Waals surface area contributed by atoms with Crippen LogP contribution in [-0.2, 0) is 6.54 Å². The first-order chi connectivity index (χ1) is 15.8. The molecule has 1 saturated carbocycles. The highest BCUT2D eigenvalue weighted by atomic mass is 19.3. The van der Waals surface area contributed by atoms with Gasteiger partial charge in [-0.15, -0.1) is 5.10 Å². The van der Waals surface area contributed by atoms with E-state index in [-0.39, 0.29) is 6.04 Å². The minimum Gasteiger partial charge on any atom is -0.479 e. The second kappa shape index (κ2) is 8.26. The fourth-order valence-electron chi connectivity index (χ4n) is 4.51. The van der Waals surface area contributed by atoms with Crippen molar-refractivity contribution in [3.63, 3.8) is 0 Å². The van der Waals surface area contributed by atoms with E-state index in [1.807, 2.05) is 37.4 Å². The molecule has 174 valence electrons. The lowest BCUT2D eigenvalue weighted by molar-refractivity contribution is 0.0195. The van der Waals surface area contributed by atoms with Crippen molar-refractivity contribution in [2.24, 2.45) is 0 Å². The number of rotatable bonds is 6. The Balaban J connectivity index is 1.49. The van der Waals surface area contributed by atoms with Gasteiger partial charge < -0.3 is 19.7 Å². The Labute approximate surface area is 189 Å². The molecule has 1 aliphatic carbocycles. The number of aromatic nitrogens is 5. The average Bonchev–Trinajstić information content (AvgIpc) is 3.38. The smallest absolute Gasteiger partial charge is 0.256 e. The number of nitrogens with one attached hydrogen (secondary N) is 1. The SMILES string of the molecule is COc1nc(NC2CCC(C)(O)CC2)nn2ccc(-c3ccc4ncn(CC(F)F)c4c3)c12. The van der Waals surface area contributed by atoms with Crippen LogP contribution in [0.2, 0.25) is 0 Å². The lowest BCUT2D eigenvalue weighted by Gasteiger charge is -2.33. The quantitative estimate of drug-likeness (QED) is 0.454. The van der Waals surface area contributed by atoms with Crippen molar-refractivity contribution in [2.75, 3.05) is 12.4 Å². The van der Waals surface area contributed by atoms with E-state index in [4.69, 9.17) is 4.74 Å². The molecule has 0 saturated heterocycles. The van der Waals surface area contributed by atoms with E-state index in [0.29, 0.717) is 28.4 Å². The number of methoxy groups -OCH3 is 1. The number of imidazole rings is 1. The zero-order valence-corrected chi connectivity index (χ0v) is 18.5. The first kappa shape index (κ1) is 21.6. The molecule has 2 N–H and O–H groups in total. The largest absolute Gasteiger partial charge is 0.479 e. The lowest BCUT2D eigenvalue weighted by Crippen LogP contribution is -2.36. The number of ether oxygens (including phenoxy) is 1. The summed E-state index contributed by atoms with van der Waals surface area (Å²) in [4.78, 5) is 8.79. The summed E-state index contributed by atoms with van der Waals surface area (Å²) in [5.74, 6) is 0.870. The molecular weight excluding hydrogens is 430 g/mol. The summed E-state index contributed by atoms with van der Waals surface area (Å²) in [5.41, 5.74) is 3.04. The van der Waals surface area contributed by atoms with Crippen LogP contribution in [-0.4, -0.2) is 54.4 Å². The van der Waals surface area contributed by atoms with Crippen LogP contribution in [0, 0.1) is 0 Å². The van der Waals surface area contributed by atoms with Gasteiger partial charge in [0.25, 0.3) is 6.43 Å². The molecule has 0 bridgehead atoms. The van der Waals surface area contributed by atoms with Gasteiger partial charge in [-0.2, -0.15) is 4.98 Å². The van der Waals surface area contributed by atoms with Gasteiger partial charge in [-0.3, -0.25) is 0 Å². The zero-order valence-electron chi connectivity index (χ0n) is 18.5. The third-order valence-corrected chi connectivity index (χ3v) is 6.34. The number of benzene rings is 1. The molecule has 0 amide bonds. The molecule has 1 aromatic carbocycles. The molecule has 4 aromatic rings. The molecule has 0 unspecified atom stereocenters. The van der Waals surface area contributed by atoms with E-state index in [0.717, 1.165) is 36.8 Å². The Bertz CT molecular complexity index is 1290. The first-order valence-electron chi connectivity index (χ1n) is 11.0. The van der Waals surface area contributed by atoms with Gasteiger partial charge in [-0.1, -0.05) is 6.07 Å². The van der Waals surface area contributed by atoms with Crippen molar-refractivity contribution in [3.05, 3.63) is 36.8 Å². The highest BCUT2D eigenvalue weighted by Crippen LogP contribution is 2.34. The molecule has 0 aliphatic heterocycles. The molecular formula is C23H26F2N6O2. The topological polar surface area (TPSA) is 89.5 Å².